The van der Waals surface area contributed by atoms with Gasteiger partial charge in [-0.15, -0.1) is 0 Å². The van der Waals surface area contributed by atoms with E-state index in [9.17, 15) is 40.0 Å². The zero-order valence-electron chi connectivity index (χ0n) is 15.0. The zero-order valence-corrected chi connectivity index (χ0v) is 15.0. The van der Waals surface area contributed by atoms with Crippen LogP contribution in [0.3, 0.4) is 0 Å². The van der Waals surface area contributed by atoms with Gasteiger partial charge in [-0.25, -0.2) is 4.79 Å². The van der Waals surface area contributed by atoms with Crippen LogP contribution in [0, 0.1) is 20.2 Å². The molecule has 1 aliphatic rings. The van der Waals surface area contributed by atoms with Crippen LogP contribution in [0.25, 0.3) is 5.57 Å². The molecule has 10 nitrogen and oxygen atoms in total. The number of hydrogen-bond acceptors (Lipinski definition) is 7. The van der Waals surface area contributed by atoms with Crippen LogP contribution in [0.2, 0.25) is 0 Å². The minimum absolute atomic E-state index is 0.0273. The number of nitro groups is 2. The van der Waals surface area contributed by atoms with Gasteiger partial charge in [-0.2, -0.15) is 0 Å². The molecule has 0 spiro atoms. The van der Waals surface area contributed by atoms with Crippen molar-refractivity contribution in [2.45, 2.75) is 0 Å². The largest absolute Gasteiger partial charge is 0.508 e. The van der Waals surface area contributed by atoms with Crippen molar-refractivity contribution in [1.82, 2.24) is 0 Å². The number of carboxylic acids is 1. The second-order valence-corrected chi connectivity index (χ2v) is 6.12. The fraction of sp³-hybridized carbons (Fsp3) is 0. The van der Waals surface area contributed by atoms with Gasteiger partial charge in [-0.1, -0.05) is 18.2 Å². The molecule has 0 aromatic heterocycles. The van der Waals surface area contributed by atoms with Gasteiger partial charge in [0, 0.05) is 5.57 Å². The Hall–Kier alpha value is -4.60. The van der Waals surface area contributed by atoms with E-state index in [1.807, 2.05) is 0 Å². The Bertz CT molecular complexity index is 1210. The first-order valence-electron chi connectivity index (χ1n) is 8.34. The molecule has 3 rings (SSSR count). The number of phenols is 1. The van der Waals surface area contributed by atoms with Gasteiger partial charge in [0.1, 0.15) is 5.75 Å². The molecule has 0 atom stereocenters. The number of ketones is 1. The first-order chi connectivity index (χ1) is 14.2. The Morgan fingerprint density at radius 3 is 2.17 bits per heavy atom. The molecule has 0 bridgehead atoms. The summed E-state index contributed by atoms with van der Waals surface area (Å²) in [6.45, 7) is 0. The van der Waals surface area contributed by atoms with Crippen molar-refractivity contribution in [2.24, 2.45) is 0 Å². The lowest BCUT2D eigenvalue weighted by atomic mass is 9.86. The van der Waals surface area contributed by atoms with E-state index >= 15 is 0 Å². The van der Waals surface area contributed by atoms with Crippen LogP contribution in [-0.2, 0) is 4.79 Å². The van der Waals surface area contributed by atoms with Crippen LogP contribution >= 0.6 is 0 Å². The number of benzene rings is 2. The van der Waals surface area contributed by atoms with Crippen molar-refractivity contribution in [3.8, 4) is 5.75 Å². The average molecular weight is 408 g/mol. The van der Waals surface area contributed by atoms with Gasteiger partial charge in [-0.05, 0) is 35.9 Å². The molecular formula is C20H12N2O8. The molecular weight excluding hydrogens is 396 g/mol. The van der Waals surface area contributed by atoms with Crippen molar-refractivity contribution in [1.29, 1.82) is 0 Å². The second kappa shape index (κ2) is 7.80. The Kier molecular flexibility index (Phi) is 5.23. The predicted octanol–water partition coefficient (Wildman–Crippen LogP) is 3.10. The SMILES string of the molecule is O=C1C=CC(=C(c2ccccc2C(=O)O)c2ccc(O)cc2[N+](=O)[O-])C([N+](=O)[O-])=C1. The van der Waals surface area contributed by atoms with Crippen LogP contribution in [0.1, 0.15) is 21.5 Å². The van der Waals surface area contributed by atoms with E-state index in [4.69, 9.17) is 0 Å². The van der Waals surface area contributed by atoms with E-state index in [0.717, 1.165) is 36.4 Å². The molecule has 30 heavy (non-hydrogen) atoms. The molecule has 0 radical (unpaired) electrons. The molecule has 0 amide bonds. The molecule has 10 heteroatoms. The summed E-state index contributed by atoms with van der Waals surface area (Å²) in [6, 6.07) is 8.66. The molecule has 0 saturated heterocycles. The number of allylic oxidation sites excluding steroid dienone is 3. The highest BCUT2D eigenvalue weighted by Gasteiger charge is 2.31. The quantitative estimate of drug-likeness (QED) is 0.563. The minimum atomic E-state index is -1.35. The Labute approximate surface area is 168 Å². The van der Waals surface area contributed by atoms with Crippen LogP contribution < -0.4 is 0 Å². The van der Waals surface area contributed by atoms with E-state index in [-0.39, 0.29) is 27.8 Å². The lowest BCUT2D eigenvalue weighted by Crippen LogP contribution is -2.12. The Balaban J connectivity index is 2.51. The van der Waals surface area contributed by atoms with E-state index in [1.54, 1.807) is 0 Å². The summed E-state index contributed by atoms with van der Waals surface area (Å²) in [5.41, 5.74) is -1.98. The summed E-state index contributed by atoms with van der Waals surface area (Å²) in [5, 5.41) is 42.5. The number of hydrogen-bond donors (Lipinski definition) is 2. The number of phenolic OH excluding ortho intramolecular Hbond substituents is 1. The number of carbonyl (C=O) groups excluding carboxylic acids is 1. The average Bonchev–Trinajstić information content (AvgIpc) is 2.70. The van der Waals surface area contributed by atoms with Crippen LogP contribution in [0.4, 0.5) is 5.69 Å². The lowest BCUT2D eigenvalue weighted by Gasteiger charge is -2.16. The maximum absolute atomic E-state index is 11.8. The van der Waals surface area contributed by atoms with Crippen LogP contribution in [0.5, 0.6) is 5.75 Å². The molecule has 150 valence electrons. The number of carboxylic acid groups (broad SMARTS) is 1. The monoisotopic (exact) mass is 408 g/mol. The third-order valence-electron chi connectivity index (χ3n) is 4.31. The molecule has 2 aromatic carbocycles. The van der Waals surface area contributed by atoms with Crippen molar-refractivity contribution >= 4 is 23.0 Å². The van der Waals surface area contributed by atoms with Crippen molar-refractivity contribution in [3.05, 3.63) is 109 Å². The fourth-order valence-electron chi connectivity index (χ4n) is 3.08. The molecule has 2 aromatic rings. The normalized spacial score (nSPS) is 14.8. The van der Waals surface area contributed by atoms with Gasteiger partial charge in [0.15, 0.2) is 5.78 Å². The van der Waals surface area contributed by atoms with Gasteiger partial charge in [0.25, 0.3) is 11.4 Å². The van der Waals surface area contributed by atoms with Gasteiger partial charge in [0.2, 0.25) is 0 Å². The maximum atomic E-state index is 11.8. The summed E-state index contributed by atoms with van der Waals surface area (Å²) >= 11 is 0. The number of nitro benzene ring substituents is 1. The lowest BCUT2D eigenvalue weighted by molar-refractivity contribution is -0.420. The third kappa shape index (κ3) is 3.69. The molecule has 0 fully saturated rings. The molecule has 0 heterocycles. The molecule has 0 aliphatic heterocycles. The van der Waals surface area contributed by atoms with E-state index in [0.29, 0.717) is 0 Å². The standard InChI is InChI=1S/C20H12N2O8/c23-11-5-7-15(17(9-11)21(27)28)19(13-3-1-2-4-14(13)20(25)26)16-8-6-12(24)10-18(16)22(29)30/h1-10,23H,(H,25,26). The number of rotatable bonds is 5. The van der Waals surface area contributed by atoms with E-state index in [1.165, 1.54) is 24.3 Å². The summed E-state index contributed by atoms with van der Waals surface area (Å²) in [4.78, 5) is 45.0. The zero-order chi connectivity index (χ0) is 22.0. The number of carbonyl (C=O) groups is 2. The number of aromatic carboxylic acids is 1. The summed E-state index contributed by atoms with van der Waals surface area (Å²) < 4.78 is 0. The van der Waals surface area contributed by atoms with Gasteiger partial charge in [-0.3, -0.25) is 25.0 Å². The fourth-order valence-corrected chi connectivity index (χ4v) is 3.08. The topological polar surface area (TPSA) is 161 Å². The molecule has 0 unspecified atom stereocenters. The molecule has 0 saturated carbocycles. The van der Waals surface area contributed by atoms with Crippen LogP contribution in [0.15, 0.2) is 72.0 Å². The summed E-state index contributed by atoms with van der Waals surface area (Å²) in [5.74, 6) is -2.43. The minimum Gasteiger partial charge on any atom is -0.508 e. The smallest absolute Gasteiger partial charge is 0.336 e. The predicted molar refractivity (Wildman–Crippen MR) is 103 cm³/mol. The van der Waals surface area contributed by atoms with Gasteiger partial charge < -0.3 is 10.2 Å². The number of aromatic hydroxyl groups is 1. The van der Waals surface area contributed by atoms with Gasteiger partial charge in [0.05, 0.1) is 38.7 Å². The summed E-state index contributed by atoms with van der Waals surface area (Å²) in [7, 11) is 0. The van der Waals surface area contributed by atoms with Crippen molar-refractivity contribution in [3.63, 3.8) is 0 Å². The second-order valence-electron chi connectivity index (χ2n) is 6.12. The third-order valence-corrected chi connectivity index (χ3v) is 4.31. The first kappa shape index (κ1) is 20.1. The van der Waals surface area contributed by atoms with E-state index in [2.05, 4.69) is 0 Å². The van der Waals surface area contributed by atoms with Crippen LogP contribution in [-0.4, -0.2) is 31.8 Å². The molecule has 1 aliphatic carbocycles. The van der Waals surface area contributed by atoms with Gasteiger partial charge >= 0.3 is 5.97 Å². The summed E-state index contributed by atoms with van der Waals surface area (Å²) in [6.07, 6.45) is 2.91. The van der Waals surface area contributed by atoms with E-state index < -0.39 is 38.7 Å². The van der Waals surface area contributed by atoms with Crippen molar-refractivity contribution < 1.29 is 29.6 Å². The highest BCUT2D eigenvalue weighted by molar-refractivity contribution is 6.05. The van der Waals surface area contributed by atoms with Crippen molar-refractivity contribution in [2.75, 3.05) is 0 Å². The maximum Gasteiger partial charge on any atom is 0.336 e. The number of nitrogens with zero attached hydrogens (tertiary/aromatic N) is 2. The molecule has 2 N–H and O–H groups in total. The first-order valence-corrected chi connectivity index (χ1v) is 8.34. The Morgan fingerprint density at radius 1 is 0.900 bits per heavy atom. The Morgan fingerprint density at radius 2 is 1.57 bits per heavy atom. The highest BCUT2D eigenvalue weighted by Crippen LogP contribution is 2.39. The highest BCUT2D eigenvalue weighted by atomic mass is 16.6.